The number of carboxylic acids is 1. The number of nitrogens with one attached hydrogen (secondary N) is 2. The quantitative estimate of drug-likeness (QED) is 0.700. The fourth-order valence-corrected chi connectivity index (χ4v) is 3.35. The fraction of sp³-hybridized carbons (Fsp3) is 0.846. The number of amides is 2. The first-order valence-electron chi connectivity index (χ1n) is 6.85. The van der Waals surface area contributed by atoms with Gasteiger partial charge in [0.2, 0.25) is 0 Å². The van der Waals surface area contributed by atoms with Gasteiger partial charge in [0.25, 0.3) is 0 Å². The van der Waals surface area contributed by atoms with E-state index >= 15 is 0 Å². The standard InChI is InChI=1S/C13H24N2O3S/c1-3-10(11(16)17)15-12(18)14-9-13(19-2)7-5-4-6-8-13/h10H,3-9H2,1-2H3,(H,16,17)(H2,14,15,18)/t10-/m0/s1. The Morgan fingerprint density at radius 2 is 1.95 bits per heavy atom. The molecule has 1 aliphatic carbocycles. The van der Waals surface area contributed by atoms with Gasteiger partial charge in [-0.2, -0.15) is 11.8 Å². The van der Waals surface area contributed by atoms with Crippen molar-refractivity contribution in [2.45, 2.75) is 56.2 Å². The molecule has 2 amide bonds. The van der Waals surface area contributed by atoms with E-state index in [0.717, 1.165) is 12.8 Å². The number of carbonyl (C=O) groups is 2. The van der Waals surface area contributed by atoms with Crippen molar-refractivity contribution >= 4 is 23.8 Å². The summed E-state index contributed by atoms with van der Waals surface area (Å²) < 4.78 is 0.126. The first-order chi connectivity index (χ1) is 9.03. The molecule has 1 aliphatic rings. The average Bonchev–Trinajstić information content (AvgIpc) is 2.43. The van der Waals surface area contributed by atoms with E-state index in [2.05, 4.69) is 16.9 Å². The lowest BCUT2D eigenvalue weighted by Crippen LogP contribution is -2.49. The Bertz CT molecular complexity index is 317. The summed E-state index contributed by atoms with van der Waals surface area (Å²) in [4.78, 5) is 22.6. The SMILES string of the molecule is CC[C@H](NC(=O)NCC1(SC)CCCCC1)C(=O)O. The number of hydrogen-bond donors (Lipinski definition) is 3. The second-order valence-electron chi connectivity index (χ2n) is 5.07. The van der Waals surface area contributed by atoms with Gasteiger partial charge in [0.1, 0.15) is 6.04 Å². The third-order valence-corrected chi connectivity index (χ3v) is 5.20. The van der Waals surface area contributed by atoms with Gasteiger partial charge in [-0.25, -0.2) is 9.59 Å². The number of carboxylic acid groups (broad SMARTS) is 1. The average molecular weight is 288 g/mol. The highest BCUT2D eigenvalue weighted by Crippen LogP contribution is 2.37. The predicted molar refractivity (Wildman–Crippen MR) is 77.6 cm³/mol. The number of carbonyl (C=O) groups excluding carboxylic acids is 1. The van der Waals surface area contributed by atoms with Crippen LogP contribution in [-0.4, -0.2) is 40.7 Å². The minimum Gasteiger partial charge on any atom is -0.480 e. The van der Waals surface area contributed by atoms with Crippen molar-refractivity contribution in [3.63, 3.8) is 0 Å². The summed E-state index contributed by atoms with van der Waals surface area (Å²) >= 11 is 1.81. The lowest BCUT2D eigenvalue weighted by molar-refractivity contribution is -0.139. The zero-order valence-electron chi connectivity index (χ0n) is 11.7. The number of aliphatic carboxylic acids is 1. The summed E-state index contributed by atoms with van der Waals surface area (Å²) in [6.45, 7) is 2.35. The molecule has 0 aromatic heterocycles. The third-order valence-electron chi connectivity index (χ3n) is 3.78. The number of thioether (sulfide) groups is 1. The fourth-order valence-electron chi connectivity index (χ4n) is 2.44. The van der Waals surface area contributed by atoms with Gasteiger partial charge in [0.15, 0.2) is 0 Å². The zero-order chi connectivity index (χ0) is 14.3. The van der Waals surface area contributed by atoms with Gasteiger partial charge >= 0.3 is 12.0 Å². The van der Waals surface area contributed by atoms with E-state index in [-0.39, 0.29) is 10.8 Å². The van der Waals surface area contributed by atoms with E-state index in [1.807, 2.05) is 11.8 Å². The molecule has 0 saturated heterocycles. The molecule has 0 aromatic carbocycles. The Morgan fingerprint density at radius 1 is 1.32 bits per heavy atom. The van der Waals surface area contributed by atoms with E-state index in [1.54, 1.807) is 6.92 Å². The van der Waals surface area contributed by atoms with Gasteiger partial charge < -0.3 is 15.7 Å². The Hall–Kier alpha value is -0.910. The molecule has 0 spiro atoms. The minimum absolute atomic E-state index is 0.126. The molecule has 0 bridgehead atoms. The van der Waals surface area contributed by atoms with Crippen LogP contribution >= 0.6 is 11.8 Å². The molecule has 1 atom stereocenters. The molecule has 0 unspecified atom stereocenters. The summed E-state index contributed by atoms with van der Waals surface area (Å²) in [7, 11) is 0. The van der Waals surface area contributed by atoms with Crippen LogP contribution < -0.4 is 10.6 Å². The third kappa shape index (κ3) is 4.93. The monoisotopic (exact) mass is 288 g/mol. The van der Waals surface area contributed by atoms with Gasteiger partial charge in [-0.3, -0.25) is 0 Å². The number of rotatable bonds is 6. The first-order valence-corrected chi connectivity index (χ1v) is 8.08. The molecular formula is C13H24N2O3S. The highest BCUT2D eigenvalue weighted by Gasteiger charge is 2.31. The predicted octanol–water partition coefficient (Wildman–Crippen LogP) is 2.21. The summed E-state index contributed by atoms with van der Waals surface area (Å²) in [5.74, 6) is -0.991. The summed E-state index contributed by atoms with van der Waals surface area (Å²) in [6, 6.07) is -1.19. The number of hydrogen-bond acceptors (Lipinski definition) is 3. The molecule has 5 nitrogen and oxygen atoms in total. The first kappa shape index (κ1) is 16.1. The van der Waals surface area contributed by atoms with Gasteiger partial charge in [-0.15, -0.1) is 0 Å². The topological polar surface area (TPSA) is 78.4 Å². The second-order valence-corrected chi connectivity index (χ2v) is 6.35. The molecule has 1 rings (SSSR count). The summed E-state index contributed by atoms with van der Waals surface area (Å²) in [5.41, 5.74) is 0. The van der Waals surface area contributed by atoms with Crippen LogP contribution in [0.4, 0.5) is 4.79 Å². The molecule has 1 fully saturated rings. The van der Waals surface area contributed by atoms with Crippen LogP contribution in [0.2, 0.25) is 0 Å². The van der Waals surface area contributed by atoms with Gasteiger partial charge in [-0.05, 0) is 25.5 Å². The second kappa shape index (κ2) is 7.62. The lowest BCUT2D eigenvalue weighted by Gasteiger charge is -2.35. The minimum atomic E-state index is -0.991. The van der Waals surface area contributed by atoms with Gasteiger partial charge in [-0.1, -0.05) is 26.2 Å². The van der Waals surface area contributed by atoms with Crippen LogP contribution in [0.3, 0.4) is 0 Å². The maximum atomic E-state index is 11.7. The largest absolute Gasteiger partial charge is 0.480 e. The highest BCUT2D eigenvalue weighted by atomic mass is 32.2. The van der Waals surface area contributed by atoms with Crippen LogP contribution in [0.15, 0.2) is 0 Å². The molecular weight excluding hydrogens is 264 g/mol. The van der Waals surface area contributed by atoms with Crippen LogP contribution in [0.1, 0.15) is 45.4 Å². The Labute approximate surface area is 118 Å². The molecule has 0 aliphatic heterocycles. The van der Waals surface area contributed by atoms with Crippen molar-refractivity contribution in [3.05, 3.63) is 0 Å². The molecule has 110 valence electrons. The van der Waals surface area contributed by atoms with Crippen molar-refractivity contribution in [1.29, 1.82) is 0 Å². The van der Waals surface area contributed by atoms with Crippen LogP contribution in [0.5, 0.6) is 0 Å². The van der Waals surface area contributed by atoms with E-state index in [0.29, 0.717) is 13.0 Å². The Balaban J connectivity index is 2.41. The highest BCUT2D eigenvalue weighted by molar-refractivity contribution is 8.00. The van der Waals surface area contributed by atoms with E-state index in [9.17, 15) is 9.59 Å². The van der Waals surface area contributed by atoms with Crippen molar-refractivity contribution < 1.29 is 14.7 Å². The maximum absolute atomic E-state index is 11.7. The molecule has 19 heavy (non-hydrogen) atoms. The lowest BCUT2D eigenvalue weighted by atomic mass is 9.88. The zero-order valence-corrected chi connectivity index (χ0v) is 12.5. The van der Waals surface area contributed by atoms with E-state index in [4.69, 9.17) is 5.11 Å². The van der Waals surface area contributed by atoms with Crippen molar-refractivity contribution in [2.24, 2.45) is 0 Å². The molecule has 1 saturated carbocycles. The Morgan fingerprint density at radius 3 is 2.42 bits per heavy atom. The molecule has 6 heteroatoms. The normalized spacial score (nSPS) is 19.5. The van der Waals surface area contributed by atoms with Crippen molar-refractivity contribution in [1.82, 2.24) is 10.6 Å². The van der Waals surface area contributed by atoms with Crippen LogP contribution in [0, 0.1) is 0 Å². The van der Waals surface area contributed by atoms with Gasteiger partial charge in [0.05, 0.1) is 0 Å². The molecule has 0 heterocycles. The molecule has 0 aromatic rings. The van der Waals surface area contributed by atoms with E-state index < -0.39 is 12.0 Å². The van der Waals surface area contributed by atoms with Crippen LogP contribution in [-0.2, 0) is 4.79 Å². The summed E-state index contributed by atoms with van der Waals surface area (Å²) in [5, 5.41) is 14.2. The van der Waals surface area contributed by atoms with Crippen LogP contribution in [0.25, 0.3) is 0 Å². The molecule has 3 N–H and O–H groups in total. The van der Waals surface area contributed by atoms with E-state index in [1.165, 1.54) is 19.3 Å². The summed E-state index contributed by atoms with van der Waals surface area (Å²) in [6.07, 6.45) is 8.38. The van der Waals surface area contributed by atoms with Gasteiger partial charge in [0, 0.05) is 11.3 Å². The van der Waals surface area contributed by atoms with Crippen molar-refractivity contribution in [2.75, 3.05) is 12.8 Å². The molecule has 0 radical (unpaired) electrons. The van der Waals surface area contributed by atoms with Crippen molar-refractivity contribution in [3.8, 4) is 0 Å². The Kier molecular flexibility index (Phi) is 6.48. The maximum Gasteiger partial charge on any atom is 0.326 e. The smallest absolute Gasteiger partial charge is 0.326 e. The number of urea groups is 1.